The molecular formula is C14H15ClN2O. The minimum Gasteiger partial charge on any atom is -0.495 e. The van der Waals surface area contributed by atoms with Gasteiger partial charge in [-0.15, -0.1) is 0 Å². The molecule has 0 unspecified atom stereocenters. The lowest BCUT2D eigenvalue weighted by molar-refractivity contribution is 0.413. The minimum atomic E-state index is 0.739. The van der Waals surface area contributed by atoms with Gasteiger partial charge in [0.2, 0.25) is 0 Å². The van der Waals surface area contributed by atoms with E-state index in [1.807, 2.05) is 31.3 Å². The molecule has 0 aliphatic heterocycles. The lowest BCUT2D eigenvalue weighted by atomic mass is 10.1. The van der Waals surface area contributed by atoms with Crippen molar-refractivity contribution in [3.05, 3.63) is 47.2 Å². The standard InChI is InChI=1S/C14H15ClN2O/c1-16-7-11-4-3-10(6-14(11)15)12-5-13(18-2)9-17-8-12/h3-6,8-9,16H,7H2,1-2H3. The van der Waals surface area contributed by atoms with E-state index in [-0.39, 0.29) is 0 Å². The first kappa shape index (κ1) is 12.9. The Morgan fingerprint density at radius 2 is 2.06 bits per heavy atom. The van der Waals surface area contributed by atoms with Gasteiger partial charge < -0.3 is 10.1 Å². The summed E-state index contributed by atoms with van der Waals surface area (Å²) >= 11 is 6.24. The number of hydrogen-bond donors (Lipinski definition) is 1. The largest absolute Gasteiger partial charge is 0.495 e. The molecule has 1 N–H and O–H groups in total. The number of rotatable bonds is 4. The molecule has 0 radical (unpaired) electrons. The van der Waals surface area contributed by atoms with Gasteiger partial charge in [-0.05, 0) is 30.3 Å². The molecule has 1 aromatic carbocycles. The van der Waals surface area contributed by atoms with Crippen molar-refractivity contribution in [1.82, 2.24) is 10.3 Å². The fourth-order valence-electron chi connectivity index (χ4n) is 1.75. The molecule has 0 amide bonds. The molecule has 0 fully saturated rings. The van der Waals surface area contributed by atoms with E-state index >= 15 is 0 Å². The summed E-state index contributed by atoms with van der Waals surface area (Å²) in [6.45, 7) is 0.759. The summed E-state index contributed by atoms with van der Waals surface area (Å²) in [6, 6.07) is 7.95. The second-order valence-corrected chi connectivity index (χ2v) is 4.36. The molecule has 1 heterocycles. The van der Waals surface area contributed by atoms with E-state index in [0.29, 0.717) is 0 Å². The van der Waals surface area contributed by atoms with Crippen molar-refractivity contribution in [1.29, 1.82) is 0 Å². The Kier molecular flexibility index (Phi) is 4.18. The van der Waals surface area contributed by atoms with Gasteiger partial charge in [0.15, 0.2) is 0 Å². The highest BCUT2D eigenvalue weighted by atomic mass is 35.5. The molecule has 18 heavy (non-hydrogen) atoms. The lowest BCUT2D eigenvalue weighted by Crippen LogP contribution is -2.05. The van der Waals surface area contributed by atoms with Crippen LogP contribution < -0.4 is 10.1 Å². The number of ether oxygens (including phenoxy) is 1. The molecule has 3 nitrogen and oxygen atoms in total. The average Bonchev–Trinajstić information content (AvgIpc) is 2.41. The highest BCUT2D eigenvalue weighted by molar-refractivity contribution is 6.31. The third-order valence-corrected chi connectivity index (χ3v) is 3.05. The van der Waals surface area contributed by atoms with Gasteiger partial charge in [0, 0.05) is 23.3 Å². The van der Waals surface area contributed by atoms with Crippen LogP contribution in [-0.2, 0) is 6.54 Å². The Hall–Kier alpha value is -1.58. The third kappa shape index (κ3) is 2.81. The topological polar surface area (TPSA) is 34.2 Å². The Morgan fingerprint density at radius 1 is 1.22 bits per heavy atom. The predicted octanol–water partition coefficient (Wildman–Crippen LogP) is 3.13. The molecule has 1 aromatic heterocycles. The van der Waals surface area contributed by atoms with E-state index in [2.05, 4.69) is 10.3 Å². The Balaban J connectivity index is 2.35. The third-order valence-electron chi connectivity index (χ3n) is 2.70. The van der Waals surface area contributed by atoms with Crippen LogP contribution in [0, 0.1) is 0 Å². The van der Waals surface area contributed by atoms with Gasteiger partial charge in [-0.2, -0.15) is 0 Å². The van der Waals surface area contributed by atoms with Crippen LogP contribution in [0.2, 0.25) is 5.02 Å². The number of pyridine rings is 1. The molecule has 0 bridgehead atoms. The van der Waals surface area contributed by atoms with Crippen molar-refractivity contribution in [3.63, 3.8) is 0 Å². The van der Waals surface area contributed by atoms with Crippen molar-refractivity contribution in [2.45, 2.75) is 6.54 Å². The summed E-state index contributed by atoms with van der Waals surface area (Å²) in [5, 5.41) is 3.84. The van der Waals surface area contributed by atoms with Gasteiger partial charge >= 0.3 is 0 Å². The average molecular weight is 263 g/mol. The summed E-state index contributed by atoms with van der Waals surface area (Å²) in [6.07, 6.45) is 3.48. The minimum absolute atomic E-state index is 0.739. The number of methoxy groups -OCH3 is 1. The van der Waals surface area contributed by atoms with Crippen LogP contribution in [-0.4, -0.2) is 19.1 Å². The molecule has 94 valence electrons. The predicted molar refractivity (Wildman–Crippen MR) is 74.0 cm³/mol. The zero-order valence-electron chi connectivity index (χ0n) is 10.4. The van der Waals surface area contributed by atoms with Gasteiger partial charge in [0.1, 0.15) is 5.75 Å². The van der Waals surface area contributed by atoms with Crippen molar-refractivity contribution in [3.8, 4) is 16.9 Å². The van der Waals surface area contributed by atoms with Crippen molar-refractivity contribution in [2.24, 2.45) is 0 Å². The summed E-state index contributed by atoms with van der Waals surface area (Å²) in [4.78, 5) is 4.14. The smallest absolute Gasteiger partial charge is 0.137 e. The number of halogens is 1. The van der Waals surface area contributed by atoms with Crippen LogP contribution in [0.1, 0.15) is 5.56 Å². The lowest BCUT2D eigenvalue weighted by Gasteiger charge is -2.08. The van der Waals surface area contributed by atoms with Crippen molar-refractivity contribution < 1.29 is 4.74 Å². The molecule has 0 atom stereocenters. The van der Waals surface area contributed by atoms with Crippen LogP contribution in [0.4, 0.5) is 0 Å². The number of nitrogens with zero attached hydrogens (tertiary/aromatic N) is 1. The quantitative estimate of drug-likeness (QED) is 0.919. The SMILES string of the molecule is CNCc1ccc(-c2cncc(OC)c2)cc1Cl. The van der Waals surface area contributed by atoms with Gasteiger partial charge in [0.05, 0.1) is 13.3 Å². The van der Waals surface area contributed by atoms with E-state index in [4.69, 9.17) is 16.3 Å². The van der Waals surface area contributed by atoms with E-state index in [9.17, 15) is 0 Å². The second-order valence-electron chi connectivity index (χ2n) is 3.95. The normalized spacial score (nSPS) is 10.4. The maximum atomic E-state index is 6.24. The van der Waals surface area contributed by atoms with E-state index in [0.717, 1.165) is 34.0 Å². The van der Waals surface area contributed by atoms with Crippen LogP contribution in [0.25, 0.3) is 11.1 Å². The van der Waals surface area contributed by atoms with Gasteiger partial charge in [-0.25, -0.2) is 0 Å². The first-order valence-electron chi connectivity index (χ1n) is 5.67. The fraction of sp³-hybridized carbons (Fsp3) is 0.214. The molecule has 2 aromatic rings. The Morgan fingerprint density at radius 3 is 2.72 bits per heavy atom. The van der Waals surface area contributed by atoms with Crippen LogP contribution in [0.3, 0.4) is 0 Å². The van der Waals surface area contributed by atoms with E-state index in [1.165, 1.54) is 0 Å². The van der Waals surface area contributed by atoms with Crippen molar-refractivity contribution >= 4 is 11.6 Å². The van der Waals surface area contributed by atoms with Crippen LogP contribution >= 0.6 is 11.6 Å². The molecule has 0 spiro atoms. The summed E-state index contributed by atoms with van der Waals surface area (Å²) in [7, 11) is 3.53. The molecule has 2 rings (SSSR count). The maximum absolute atomic E-state index is 6.24. The zero-order valence-corrected chi connectivity index (χ0v) is 11.2. The molecular weight excluding hydrogens is 248 g/mol. The Labute approximate surface area is 112 Å². The maximum Gasteiger partial charge on any atom is 0.137 e. The fourth-order valence-corrected chi connectivity index (χ4v) is 2.00. The number of benzene rings is 1. The number of nitrogens with one attached hydrogen (secondary N) is 1. The summed E-state index contributed by atoms with van der Waals surface area (Å²) in [5.74, 6) is 0.739. The first-order valence-corrected chi connectivity index (χ1v) is 6.05. The highest BCUT2D eigenvalue weighted by Gasteiger charge is 2.04. The Bertz CT molecular complexity index is 543. The van der Waals surface area contributed by atoms with E-state index < -0.39 is 0 Å². The number of hydrogen-bond acceptors (Lipinski definition) is 3. The van der Waals surface area contributed by atoms with Gasteiger partial charge in [-0.1, -0.05) is 23.7 Å². The zero-order chi connectivity index (χ0) is 13.0. The van der Waals surface area contributed by atoms with Crippen LogP contribution in [0.15, 0.2) is 36.7 Å². The highest BCUT2D eigenvalue weighted by Crippen LogP contribution is 2.27. The van der Waals surface area contributed by atoms with Crippen LogP contribution in [0.5, 0.6) is 5.75 Å². The second kappa shape index (κ2) is 5.85. The van der Waals surface area contributed by atoms with E-state index in [1.54, 1.807) is 19.5 Å². The van der Waals surface area contributed by atoms with Crippen molar-refractivity contribution in [2.75, 3.05) is 14.2 Å². The number of aromatic nitrogens is 1. The monoisotopic (exact) mass is 262 g/mol. The molecule has 0 aliphatic rings. The van der Waals surface area contributed by atoms with Gasteiger partial charge in [-0.3, -0.25) is 4.98 Å². The summed E-state index contributed by atoms with van der Waals surface area (Å²) < 4.78 is 5.16. The molecule has 0 saturated carbocycles. The van der Waals surface area contributed by atoms with Gasteiger partial charge in [0.25, 0.3) is 0 Å². The summed E-state index contributed by atoms with van der Waals surface area (Å²) in [5.41, 5.74) is 3.11. The molecule has 0 aliphatic carbocycles. The molecule has 4 heteroatoms. The first-order chi connectivity index (χ1) is 8.74. The molecule has 0 saturated heterocycles.